The van der Waals surface area contributed by atoms with E-state index >= 15 is 0 Å². The van der Waals surface area contributed by atoms with Crippen LogP contribution in [-0.4, -0.2) is 9.13 Å². The summed E-state index contributed by atoms with van der Waals surface area (Å²) >= 11 is 0. The molecule has 6 aromatic carbocycles. The average Bonchev–Trinajstić information content (AvgIpc) is 3.64. The van der Waals surface area contributed by atoms with Gasteiger partial charge in [0.2, 0.25) is 0 Å². The second-order valence-corrected chi connectivity index (χ2v) is 10.7. The van der Waals surface area contributed by atoms with E-state index < -0.39 is 0 Å². The van der Waals surface area contributed by atoms with Gasteiger partial charge >= 0.3 is 0 Å². The number of rotatable bonds is 2. The highest BCUT2D eigenvalue weighted by Gasteiger charge is 2.19. The number of nitrogens with zero attached hydrogens (tertiary/aromatic N) is 2. The van der Waals surface area contributed by atoms with Crippen LogP contribution in [0.4, 0.5) is 0 Å². The van der Waals surface area contributed by atoms with Gasteiger partial charge in [-0.25, -0.2) is 0 Å². The summed E-state index contributed by atoms with van der Waals surface area (Å²) in [5.74, 6) is 0. The van der Waals surface area contributed by atoms with Crippen LogP contribution in [0.3, 0.4) is 0 Å². The van der Waals surface area contributed by atoms with Gasteiger partial charge in [0.25, 0.3) is 0 Å². The van der Waals surface area contributed by atoms with Crippen LogP contribution >= 0.6 is 0 Å². The van der Waals surface area contributed by atoms with E-state index in [0.717, 1.165) is 27.9 Å². The lowest BCUT2D eigenvalue weighted by molar-refractivity contribution is 0.668. The molecule has 0 aliphatic heterocycles. The van der Waals surface area contributed by atoms with Crippen LogP contribution in [0.1, 0.15) is 5.56 Å². The minimum absolute atomic E-state index is 0.917. The lowest BCUT2D eigenvalue weighted by Crippen LogP contribution is -1.95. The van der Waals surface area contributed by atoms with Gasteiger partial charge in [0.15, 0.2) is 0 Å². The Bertz CT molecular complexity index is 2440. The highest BCUT2D eigenvalue weighted by Crippen LogP contribution is 2.40. The Labute approximate surface area is 230 Å². The fourth-order valence-corrected chi connectivity index (χ4v) is 6.70. The third kappa shape index (κ3) is 2.84. The molecule has 0 saturated carbocycles. The number of hydrogen-bond acceptors (Lipinski definition) is 1. The van der Waals surface area contributed by atoms with E-state index in [-0.39, 0.29) is 0 Å². The van der Waals surface area contributed by atoms with Gasteiger partial charge in [-0.1, -0.05) is 66.7 Å². The van der Waals surface area contributed by atoms with Gasteiger partial charge in [0, 0.05) is 43.7 Å². The molecule has 0 bridgehead atoms. The predicted octanol–water partition coefficient (Wildman–Crippen LogP) is 10.1. The average molecular weight is 513 g/mol. The van der Waals surface area contributed by atoms with Crippen LogP contribution in [0.2, 0.25) is 0 Å². The zero-order valence-corrected chi connectivity index (χ0v) is 21.9. The Morgan fingerprint density at radius 3 is 1.80 bits per heavy atom. The molecule has 0 aliphatic carbocycles. The Hall–Kier alpha value is -5.28. The van der Waals surface area contributed by atoms with Crippen LogP contribution < -0.4 is 0 Å². The summed E-state index contributed by atoms with van der Waals surface area (Å²) in [7, 11) is 0. The molecule has 0 fully saturated rings. The standard InChI is InChI=1S/C37H24N2O/c1-23-10-9-17-36-37(23)30-20-25(18-19-35(30)40-36)39-32-16-8-6-14-27(32)29-21-28-26-13-5-7-15-31(26)38(33(28)22-34(29)39)24-11-3-2-4-12-24/h2-22H,1H3. The van der Waals surface area contributed by atoms with Crippen molar-refractivity contribution in [2.45, 2.75) is 6.92 Å². The topological polar surface area (TPSA) is 23.0 Å². The van der Waals surface area contributed by atoms with E-state index in [4.69, 9.17) is 4.42 Å². The first kappa shape index (κ1) is 21.6. The predicted molar refractivity (Wildman–Crippen MR) is 167 cm³/mol. The van der Waals surface area contributed by atoms with Gasteiger partial charge in [0.1, 0.15) is 11.2 Å². The second-order valence-electron chi connectivity index (χ2n) is 10.7. The van der Waals surface area contributed by atoms with Crippen LogP contribution in [-0.2, 0) is 0 Å². The first-order valence-electron chi connectivity index (χ1n) is 13.7. The number of hydrogen-bond donors (Lipinski definition) is 0. The molecule has 9 rings (SSSR count). The van der Waals surface area contributed by atoms with E-state index in [1.165, 1.54) is 54.6 Å². The molecule has 188 valence electrons. The molecule has 40 heavy (non-hydrogen) atoms. The molecule has 0 atom stereocenters. The van der Waals surface area contributed by atoms with Crippen LogP contribution in [0.15, 0.2) is 132 Å². The minimum Gasteiger partial charge on any atom is -0.456 e. The monoisotopic (exact) mass is 512 g/mol. The van der Waals surface area contributed by atoms with E-state index in [0.29, 0.717) is 0 Å². The van der Waals surface area contributed by atoms with Crippen molar-refractivity contribution in [2.75, 3.05) is 0 Å². The van der Waals surface area contributed by atoms with Crippen molar-refractivity contribution < 1.29 is 4.42 Å². The van der Waals surface area contributed by atoms with E-state index in [9.17, 15) is 0 Å². The maximum atomic E-state index is 6.22. The van der Waals surface area contributed by atoms with Crippen LogP contribution in [0.25, 0.3) is 76.9 Å². The second kappa shape index (κ2) is 7.87. The highest BCUT2D eigenvalue weighted by atomic mass is 16.3. The number of aromatic nitrogens is 2. The molecule has 3 aromatic heterocycles. The Balaban J connectivity index is 1.44. The first-order chi connectivity index (χ1) is 19.8. The lowest BCUT2D eigenvalue weighted by atomic mass is 10.1. The molecule has 3 nitrogen and oxygen atoms in total. The van der Waals surface area contributed by atoms with Crippen molar-refractivity contribution in [3.63, 3.8) is 0 Å². The van der Waals surface area contributed by atoms with Crippen molar-refractivity contribution in [3.05, 3.63) is 133 Å². The molecule has 0 saturated heterocycles. The number of benzene rings is 6. The maximum absolute atomic E-state index is 6.22. The number of furan rings is 1. The Kier molecular flexibility index (Phi) is 4.26. The molecular weight excluding hydrogens is 488 g/mol. The van der Waals surface area contributed by atoms with Gasteiger partial charge in [-0.2, -0.15) is 0 Å². The van der Waals surface area contributed by atoms with Crippen molar-refractivity contribution in [3.8, 4) is 11.4 Å². The Morgan fingerprint density at radius 1 is 0.425 bits per heavy atom. The van der Waals surface area contributed by atoms with Gasteiger partial charge < -0.3 is 13.6 Å². The van der Waals surface area contributed by atoms with Gasteiger partial charge in [-0.15, -0.1) is 0 Å². The number of fused-ring (bicyclic) bond motifs is 9. The third-order valence-corrected chi connectivity index (χ3v) is 8.43. The molecule has 0 N–H and O–H groups in total. The largest absolute Gasteiger partial charge is 0.456 e. The zero-order chi connectivity index (χ0) is 26.4. The molecule has 9 aromatic rings. The number of para-hydroxylation sites is 3. The zero-order valence-electron chi connectivity index (χ0n) is 21.9. The summed E-state index contributed by atoms with van der Waals surface area (Å²) in [6, 6.07) is 45.8. The van der Waals surface area contributed by atoms with E-state index in [1.54, 1.807) is 0 Å². The van der Waals surface area contributed by atoms with Gasteiger partial charge in [-0.3, -0.25) is 0 Å². The van der Waals surface area contributed by atoms with Crippen molar-refractivity contribution >= 4 is 65.6 Å². The Morgan fingerprint density at radius 2 is 1.07 bits per heavy atom. The molecule has 0 amide bonds. The van der Waals surface area contributed by atoms with Gasteiger partial charge in [0.05, 0.1) is 22.1 Å². The molecule has 0 aliphatic rings. The summed E-state index contributed by atoms with van der Waals surface area (Å²) in [4.78, 5) is 0. The molecule has 3 heteroatoms. The summed E-state index contributed by atoms with van der Waals surface area (Å²) < 4.78 is 11.0. The molecule has 0 unspecified atom stereocenters. The smallest absolute Gasteiger partial charge is 0.135 e. The van der Waals surface area contributed by atoms with Crippen molar-refractivity contribution in [1.29, 1.82) is 0 Å². The molecule has 0 radical (unpaired) electrons. The minimum atomic E-state index is 0.917. The van der Waals surface area contributed by atoms with Crippen molar-refractivity contribution in [2.24, 2.45) is 0 Å². The maximum Gasteiger partial charge on any atom is 0.135 e. The van der Waals surface area contributed by atoms with Crippen LogP contribution in [0, 0.1) is 6.92 Å². The summed E-state index contributed by atoms with van der Waals surface area (Å²) in [5.41, 5.74) is 10.2. The quantitative estimate of drug-likeness (QED) is 0.226. The fraction of sp³-hybridized carbons (Fsp3) is 0.0270. The van der Waals surface area contributed by atoms with E-state index in [2.05, 4.69) is 143 Å². The normalized spacial score (nSPS) is 12.1. The van der Waals surface area contributed by atoms with Crippen molar-refractivity contribution in [1.82, 2.24) is 9.13 Å². The lowest BCUT2D eigenvalue weighted by Gasteiger charge is -2.10. The summed E-state index contributed by atoms with van der Waals surface area (Å²) in [6.07, 6.45) is 0. The van der Waals surface area contributed by atoms with Gasteiger partial charge in [-0.05, 0) is 73.2 Å². The summed E-state index contributed by atoms with van der Waals surface area (Å²) in [6.45, 7) is 2.16. The van der Waals surface area contributed by atoms with Crippen LogP contribution in [0.5, 0.6) is 0 Å². The molecule has 0 spiro atoms. The number of aryl methyl sites for hydroxylation is 1. The summed E-state index contributed by atoms with van der Waals surface area (Å²) in [5, 5.41) is 7.38. The SMILES string of the molecule is Cc1cccc2oc3ccc(-n4c5ccccc5c5cc6c7ccccc7n(-c7ccccc7)c6cc54)cc3c12. The molecule has 3 heterocycles. The molecular formula is C37H24N2O. The fourth-order valence-electron chi connectivity index (χ4n) is 6.70. The highest BCUT2D eigenvalue weighted by molar-refractivity contribution is 6.19. The third-order valence-electron chi connectivity index (χ3n) is 8.43. The van der Waals surface area contributed by atoms with E-state index in [1.807, 2.05) is 0 Å². The first-order valence-corrected chi connectivity index (χ1v) is 13.7.